The highest BCUT2D eigenvalue weighted by Gasteiger charge is 2.29. The monoisotopic (exact) mass is 493 g/mol. The number of hydrogen-bond donors (Lipinski definition) is 0. The van der Waals surface area contributed by atoms with E-state index in [0.29, 0.717) is 37.5 Å². The van der Waals surface area contributed by atoms with Crippen molar-refractivity contribution in [2.45, 2.75) is 32.4 Å². The van der Waals surface area contributed by atoms with E-state index in [0.717, 1.165) is 38.0 Å². The van der Waals surface area contributed by atoms with E-state index in [-0.39, 0.29) is 23.6 Å². The van der Waals surface area contributed by atoms with Gasteiger partial charge in [-0.1, -0.05) is 30.3 Å². The van der Waals surface area contributed by atoms with Gasteiger partial charge in [0.2, 0.25) is 5.43 Å². The highest BCUT2D eigenvalue weighted by Crippen LogP contribution is 2.38. The van der Waals surface area contributed by atoms with E-state index in [1.165, 1.54) is 6.07 Å². The normalized spacial score (nSPS) is 16.4. The molecule has 2 fully saturated rings. The fraction of sp³-hybridized carbons (Fsp3) is 0.429. The number of aromatic nitrogens is 1. The van der Waals surface area contributed by atoms with Crippen LogP contribution >= 0.6 is 0 Å². The van der Waals surface area contributed by atoms with Gasteiger partial charge in [-0.25, -0.2) is 9.18 Å². The Bertz CT molecular complexity index is 1280. The minimum atomic E-state index is -0.687. The molecule has 5 rings (SSSR count). The van der Waals surface area contributed by atoms with Crippen LogP contribution in [0.2, 0.25) is 0 Å². The lowest BCUT2D eigenvalue weighted by molar-refractivity contribution is 0.0470. The molecule has 0 unspecified atom stereocenters. The van der Waals surface area contributed by atoms with Crippen molar-refractivity contribution in [2.75, 3.05) is 50.8 Å². The Morgan fingerprint density at radius 2 is 1.83 bits per heavy atom. The zero-order valence-corrected chi connectivity index (χ0v) is 20.6. The predicted molar refractivity (Wildman–Crippen MR) is 137 cm³/mol. The topological polar surface area (TPSA) is 64.0 Å². The number of ether oxygens (including phenoxy) is 2. The Morgan fingerprint density at radius 1 is 1.08 bits per heavy atom. The van der Waals surface area contributed by atoms with Gasteiger partial charge in [-0.3, -0.25) is 9.69 Å². The first-order valence-electron chi connectivity index (χ1n) is 12.7. The zero-order chi connectivity index (χ0) is 25.1. The van der Waals surface area contributed by atoms with Crippen LogP contribution in [0, 0.1) is 5.82 Å². The third-order valence-corrected chi connectivity index (χ3v) is 6.94. The molecular weight excluding hydrogens is 461 g/mol. The molecule has 0 atom stereocenters. The van der Waals surface area contributed by atoms with E-state index in [1.807, 2.05) is 46.7 Å². The van der Waals surface area contributed by atoms with Gasteiger partial charge >= 0.3 is 5.97 Å². The van der Waals surface area contributed by atoms with Crippen LogP contribution in [0.25, 0.3) is 10.9 Å². The van der Waals surface area contributed by atoms with Gasteiger partial charge in [-0.05, 0) is 37.5 Å². The number of carbonyl (C=O) groups is 1. The lowest BCUT2D eigenvalue weighted by Crippen LogP contribution is -2.47. The van der Waals surface area contributed by atoms with Crippen LogP contribution in [-0.2, 0) is 16.1 Å². The van der Waals surface area contributed by atoms with Crippen molar-refractivity contribution in [2.24, 2.45) is 0 Å². The standard InChI is InChI=1S/C28H32FN3O4/c1-2-35-15-14-30-10-12-31(13-11-30)26-17-25-22(16-24(26)29)27(33)23(18-32(25)21-8-9-21)28(34)36-19-20-6-4-3-5-7-20/h3-7,16-18,21H,2,8-15,19H2,1H3. The van der Waals surface area contributed by atoms with Crippen LogP contribution in [-0.4, -0.2) is 61.4 Å². The molecule has 2 heterocycles. The molecule has 2 aromatic carbocycles. The first-order valence-corrected chi connectivity index (χ1v) is 12.7. The highest BCUT2D eigenvalue weighted by molar-refractivity contribution is 5.94. The lowest BCUT2D eigenvalue weighted by Gasteiger charge is -2.36. The molecular formula is C28H32FN3O4. The molecule has 1 saturated carbocycles. The summed E-state index contributed by atoms with van der Waals surface area (Å²) in [6.07, 6.45) is 3.52. The van der Waals surface area contributed by atoms with E-state index >= 15 is 4.39 Å². The van der Waals surface area contributed by atoms with Crippen molar-refractivity contribution >= 4 is 22.6 Å². The minimum Gasteiger partial charge on any atom is -0.457 e. The first-order chi connectivity index (χ1) is 17.5. The van der Waals surface area contributed by atoms with Crippen LogP contribution in [0.1, 0.15) is 41.7 Å². The SMILES string of the molecule is CCOCCN1CCN(c2cc3c(cc2F)c(=O)c(C(=O)OCc2ccccc2)cn3C2CC2)CC1. The van der Waals surface area contributed by atoms with Gasteiger partial charge in [0.1, 0.15) is 18.0 Å². The molecule has 0 spiro atoms. The maximum Gasteiger partial charge on any atom is 0.343 e. The largest absolute Gasteiger partial charge is 0.457 e. The summed E-state index contributed by atoms with van der Waals surface area (Å²) >= 11 is 0. The van der Waals surface area contributed by atoms with Crippen molar-refractivity contribution in [3.63, 3.8) is 0 Å². The minimum absolute atomic E-state index is 0.0552. The van der Waals surface area contributed by atoms with E-state index in [2.05, 4.69) is 4.90 Å². The Labute approximate surface area is 210 Å². The second-order valence-electron chi connectivity index (χ2n) is 9.42. The number of esters is 1. The van der Waals surface area contributed by atoms with Crippen LogP contribution in [0.4, 0.5) is 10.1 Å². The maximum atomic E-state index is 15.3. The number of halogens is 1. The number of carbonyl (C=O) groups excluding carboxylic acids is 1. The third-order valence-electron chi connectivity index (χ3n) is 6.94. The second kappa shape index (κ2) is 10.8. The number of pyridine rings is 1. The average Bonchev–Trinajstić information content (AvgIpc) is 3.74. The third kappa shape index (κ3) is 5.29. The Balaban J connectivity index is 1.40. The van der Waals surface area contributed by atoms with Gasteiger partial charge in [-0.15, -0.1) is 0 Å². The number of hydrogen-bond acceptors (Lipinski definition) is 6. The quantitative estimate of drug-likeness (QED) is 0.332. The van der Waals surface area contributed by atoms with Gasteiger partial charge < -0.3 is 18.9 Å². The molecule has 190 valence electrons. The molecule has 0 amide bonds. The average molecular weight is 494 g/mol. The number of piperazine rings is 1. The zero-order valence-electron chi connectivity index (χ0n) is 20.6. The molecule has 0 radical (unpaired) electrons. The van der Waals surface area contributed by atoms with Crippen LogP contribution in [0.5, 0.6) is 0 Å². The Morgan fingerprint density at radius 3 is 2.53 bits per heavy atom. The first kappa shape index (κ1) is 24.5. The molecule has 36 heavy (non-hydrogen) atoms. The number of rotatable bonds is 9. The summed E-state index contributed by atoms with van der Waals surface area (Å²) in [6.45, 7) is 7.38. The Hall–Kier alpha value is -3.23. The number of fused-ring (bicyclic) bond motifs is 1. The highest BCUT2D eigenvalue weighted by atomic mass is 19.1. The number of nitrogens with zero attached hydrogens (tertiary/aromatic N) is 3. The van der Waals surface area contributed by atoms with Crippen molar-refractivity contribution in [3.8, 4) is 0 Å². The van der Waals surface area contributed by atoms with E-state index < -0.39 is 17.2 Å². The van der Waals surface area contributed by atoms with E-state index in [1.54, 1.807) is 12.3 Å². The van der Waals surface area contributed by atoms with Crippen LogP contribution < -0.4 is 10.3 Å². The molecule has 1 saturated heterocycles. The molecule has 1 aliphatic carbocycles. The lowest BCUT2D eigenvalue weighted by atomic mass is 10.1. The number of anilines is 1. The van der Waals surface area contributed by atoms with Gasteiger partial charge in [0, 0.05) is 57.0 Å². The summed E-state index contributed by atoms with van der Waals surface area (Å²) in [7, 11) is 0. The summed E-state index contributed by atoms with van der Waals surface area (Å²) in [5, 5.41) is 0.215. The van der Waals surface area contributed by atoms with Crippen LogP contribution in [0.15, 0.2) is 53.5 Å². The molecule has 1 aromatic heterocycles. The van der Waals surface area contributed by atoms with Crippen molar-refractivity contribution in [1.29, 1.82) is 0 Å². The molecule has 7 nitrogen and oxygen atoms in total. The second-order valence-corrected chi connectivity index (χ2v) is 9.42. The molecule has 2 aliphatic rings. The summed E-state index contributed by atoms with van der Waals surface area (Å²) in [4.78, 5) is 30.5. The van der Waals surface area contributed by atoms with Crippen molar-refractivity contribution < 1.29 is 18.7 Å². The molecule has 3 aromatic rings. The number of benzene rings is 2. The maximum absolute atomic E-state index is 15.3. The van der Waals surface area contributed by atoms with Gasteiger partial charge in [0.15, 0.2) is 0 Å². The van der Waals surface area contributed by atoms with Crippen molar-refractivity contribution in [3.05, 3.63) is 75.8 Å². The summed E-state index contributed by atoms with van der Waals surface area (Å²) < 4.78 is 28.2. The van der Waals surface area contributed by atoms with E-state index in [9.17, 15) is 9.59 Å². The van der Waals surface area contributed by atoms with Gasteiger partial charge in [-0.2, -0.15) is 0 Å². The van der Waals surface area contributed by atoms with Crippen molar-refractivity contribution in [1.82, 2.24) is 9.47 Å². The van der Waals surface area contributed by atoms with Crippen LogP contribution in [0.3, 0.4) is 0 Å². The Kier molecular flexibility index (Phi) is 7.34. The van der Waals surface area contributed by atoms with E-state index in [4.69, 9.17) is 9.47 Å². The predicted octanol–water partition coefficient (Wildman–Crippen LogP) is 3.99. The summed E-state index contributed by atoms with van der Waals surface area (Å²) in [5.74, 6) is -1.13. The van der Waals surface area contributed by atoms with Gasteiger partial charge in [0.05, 0.1) is 17.8 Å². The fourth-order valence-electron chi connectivity index (χ4n) is 4.75. The summed E-state index contributed by atoms with van der Waals surface area (Å²) in [6, 6.07) is 12.6. The summed E-state index contributed by atoms with van der Waals surface area (Å²) in [5.41, 5.74) is 1.45. The molecule has 8 heteroatoms. The smallest absolute Gasteiger partial charge is 0.343 e. The molecule has 0 bridgehead atoms. The molecule has 0 N–H and O–H groups in total. The van der Waals surface area contributed by atoms with Gasteiger partial charge in [0.25, 0.3) is 0 Å². The molecule has 1 aliphatic heterocycles. The fourth-order valence-corrected chi connectivity index (χ4v) is 4.75.